The van der Waals surface area contributed by atoms with Crippen LogP contribution in [0.4, 0.5) is 5.69 Å². The van der Waals surface area contributed by atoms with Crippen molar-refractivity contribution in [2.24, 2.45) is 0 Å². The van der Waals surface area contributed by atoms with E-state index in [1.165, 1.54) is 11.3 Å². The Morgan fingerprint density at radius 3 is 3.14 bits per heavy atom. The van der Waals surface area contributed by atoms with Crippen molar-refractivity contribution in [3.05, 3.63) is 23.8 Å². The maximum Gasteiger partial charge on any atom is 0.122 e. The average Bonchev–Trinajstić information content (AvgIpc) is 2.65. The number of benzene rings is 1. The molecule has 0 radical (unpaired) electrons. The topological polar surface area (TPSA) is 33.3 Å². The number of fused-ring (bicyclic) bond motifs is 1. The molecule has 0 aliphatic carbocycles. The third-order valence-electron chi connectivity index (χ3n) is 2.39. The van der Waals surface area contributed by atoms with Gasteiger partial charge in [0.05, 0.1) is 6.61 Å². The van der Waals surface area contributed by atoms with E-state index in [0.29, 0.717) is 0 Å². The standard InChI is InChI=1S/C11H16N2O/c1-12-5-6-13-10-2-3-11-9(8-10)4-7-14-11/h2-3,8,12-13H,4-7H2,1H3. The molecule has 3 nitrogen and oxygen atoms in total. The lowest BCUT2D eigenvalue weighted by Crippen LogP contribution is -2.17. The number of anilines is 1. The number of hydrogen-bond donors (Lipinski definition) is 2. The van der Waals surface area contributed by atoms with E-state index in [1.54, 1.807) is 0 Å². The van der Waals surface area contributed by atoms with Crippen LogP contribution in [-0.4, -0.2) is 26.7 Å². The first-order valence-corrected chi connectivity index (χ1v) is 5.04. The third-order valence-corrected chi connectivity index (χ3v) is 2.39. The Labute approximate surface area is 84.5 Å². The first-order chi connectivity index (χ1) is 6.90. The van der Waals surface area contributed by atoms with Gasteiger partial charge in [-0.2, -0.15) is 0 Å². The first-order valence-electron chi connectivity index (χ1n) is 5.04. The Morgan fingerprint density at radius 2 is 2.29 bits per heavy atom. The van der Waals surface area contributed by atoms with Crippen molar-refractivity contribution in [3.63, 3.8) is 0 Å². The molecule has 76 valence electrons. The predicted molar refractivity (Wildman–Crippen MR) is 58.1 cm³/mol. The lowest BCUT2D eigenvalue weighted by Gasteiger charge is -2.07. The lowest BCUT2D eigenvalue weighted by atomic mass is 10.1. The minimum Gasteiger partial charge on any atom is -0.493 e. The molecule has 1 aromatic rings. The molecule has 2 N–H and O–H groups in total. The highest BCUT2D eigenvalue weighted by molar-refractivity contribution is 5.52. The summed E-state index contributed by atoms with van der Waals surface area (Å²) in [7, 11) is 1.96. The second-order valence-electron chi connectivity index (χ2n) is 3.45. The van der Waals surface area contributed by atoms with E-state index in [1.807, 2.05) is 13.1 Å². The molecular weight excluding hydrogens is 176 g/mol. The Bertz CT molecular complexity index is 312. The van der Waals surface area contributed by atoms with E-state index in [4.69, 9.17) is 4.74 Å². The molecule has 0 atom stereocenters. The number of hydrogen-bond acceptors (Lipinski definition) is 3. The molecule has 0 aromatic heterocycles. The van der Waals surface area contributed by atoms with E-state index in [0.717, 1.165) is 31.9 Å². The van der Waals surface area contributed by atoms with Crippen LogP contribution in [0.15, 0.2) is 18.2 Å². The van der Waals surface area contributed by atoms with Crippen molar-refractivity contribution < 1.29 is 4.74 Å². The van der Waals surface area contributed by atoms with Gasteiger partial charge < -0.3 is 15.4 Å². The summed E-state index contributed by atoms with van der Waals surface area (Å²) in [5.41, 5.74) is 2.50. The van der Waals surface area contributed by atoms with Crippen LogP contribution in [0.2, 0.25) is 0 Å². The second kappa shape index (κ2) is 4.33. The number of rotatable bonds is 4. The van der Waals surface area contributed by atoms with Gasteiger partial charge in [0.2, 0.25) is 0 Å². The van der Waals surface area contributed by atoms with E-state index < -0.39 is 0 Å². The number of likely N-dealkylation sites (N-methyl/N-ethyl adjacent to an activating group) is 1. The molecule has 1 aromatic carbocycles. The van der Waals surface area contributed by atoms with Crippen molar-refractivity contribution in [2.45, 2.75) is 6.42 Å². The summed E-state index contributed by atoms with van der Waals surface area (Å²) >= 11 is 0. The number of nitrogens with one attached hydrogen (secondary N) is 2. The molecule has 0 spiro atoms. The average molecular weight is 192 g/mol. The van der Waals surface area contributed by atoms with Crippen molar-refractivity contribution in [1.82, 2.24) is 5.32 Å². The molecule has 0 saturated heterocycles. The fourth-order valence-electron chi connectivity index (χ4n) is 1.63. The van der Waals surface area contributed by atoms with Crippen LogP contribution in [0.1, 0.15) is 5.56 Å². The van der Waals surface area contributed by atoms with Crippen molar-refractivity contribution >= 4 is 5.69 Å². The van der Waals surface area contributed by atoms with Gasteiger partial charge in [0.15, 0.2) is 0 Å². The zero-order valence-electron chi connectivity index (χ0n) is 8.47. The Morgan fingerprint density at radius 1 is 1.36 bits per heavy atom. The maximum absolute atomic E-state index is 5.44. The quantitative estimate of drug-likeness (QED) is 0.704. The molecule has 2 rings (SSSR count). The van der Waals surface area contributed by atoms with Crippen LogP contribution >= 0.6 is 0 Å². The van der Waals surface area contributed by atoms with Crippen LogP contribution in [0, 0.1) is 0 Å². The summed E-state index contributed by atoms with van der Waals surface area (Å²) < 4.78 is 5.44. The van der Waals surface area contributed by atoms with Crippen molar-refractivity contribution in [3.8, 4) is 5.75 Å². The van der Waals surface area contributed by atoms with Gasteiger partial charge in [0.25, 0.3) is 0 Å². The summed E-state index contributed by atoms with van der Waals surface area (Å²) in [6, 6.07) is 6.29. The normalized spacial score (nSPS) is 13.5. The predicted octanol–water partition coefficient (Wildman–Crippen LogP) is 1.25. The summed E-state index contributed by atoms with van der Waals surface area (Å²) in [4.78, 5) is 0. The molecule has 3 heteroatoms. The molecule has 0 bridgehead atoms. The summed E-state index contributed by atoms with van der Waals surface area (Å²) in [6.07, 6.45) is 1.04. The second-order valence-corrected chi connectivity index (χ2v) is 3.45. The zero-order valence-corrected chi connectivity index (χ0v) is 8.47. The fourth-order valence-corrected chi connectivity index (χ4v) is 1.63. The third kappa shape index (κ3) is 1.99. The molecule has 0 fully saturated rings. The first kappa shape index (κ1) is 9.34. The molecular formula is C11H16N2O. The van der Waals surface area contributed by atoms with Gasteiger partial charge in [0, 0.05) is 25.2 Å². The van der Waals surface area contributed by atoms with Gasteiger partial charge in [-0.05, 0) is 30.8 Å². The summed E-state index contributed by atoms with van der Waals surface area (Å²) in [5.74, 6) is 1.05. The summed E-state index contributed by atoms with van der Waals surface area (Å²) in [6.45, 7) is 2.76. The van der Waals surface area contributed by atoms with E-state index in [9.17, 15) is 0 Å². The molecule has 1 aliphatic heterocycles. The van der Waals surface area contributed by atoms with Gasteiger partial charge in [-0.1, -0.05) is 0 Å². The van der Waals surface area contributed by atoms with E-state index in [-0.39, 0.29) is 0 Å². The van der Waals surface area contributed by atoms with Crippen molar-refractivity contribution in [1.29, 1.82) is 0 Å². The Kier molecular flexibility index (Phi) is 2.89. The molecule has 0 saturated carbocycles. The molecule has 0 amide bonds. The van der Waals surface area contributed by atoms with Crippen molar-refractivity contribution in [2.75, 3.05) is 32.1 Å². The van der Waals surface area contributed by atoms with Crippen LogP contribution in [0.3, 0.4) is 0 Å². The molecule has 14 heavy (non-hydrogen) atoms. The summed E-state index contributed by atoms with van der Waals surface area (Å²) in [5, 5.41) is 6.46. The van der Waals surface area contributed by atoms with Gasteiger partial charge in [-0.3, -0.25) is 0 Å². The maximum atomic E-state index is 5.44. The van der Waals surface area contributed by atoms with Crippen LogP contribution in [0.25, 0.3) is 0 Å². The highest BCUT2D eigenvalue weighted by Gasteiger charge is 2.11. The van der Waals surface area contributed by atoms with Gasteiger partial charge in [0.1, 0.15) is 5.75 Å². The van der Waals surface area contributed by atoms with E-state index in [2.05, 4.69) is 22.8 Å². The Hall–Kier alpha value is -1.22. The smallest absolute Gasteiger partial charge is 0.122 e. The zero-order chi connectivity index (χ0) is 9.80. The van der Waals surface area contributed by atoms with Crippen LogP contribution in [-0.2, 0) is 6.42 Å². The molecule has 0 unspecified atom stereocenters. The van der Waals surface area contributed by atoms with Crippen LogP contribution in [0.5, 0.6) is 5.75 Å². The number of ether oxygens (including phenoxy) is 1. The lowest BCUT2D eigenvalue weighted by molar-refractivity contribution is 0.357. The Balaban J connectivity index is 1.98. The molecule has 1 aliphatic rings. The van der Waals surface area contributed by atoms with Gasteiger partial charge in [-0.25, -0.2) is 0 Å². The van der Waals surface area contributed by atoms with Crippen LogP contribution < -0.4 is 15.4 Å². The highest BCUT2D eigenvalue weighted by atomic mass is 16.5. The van der Waals surface area contributed by atoms with E-state index >= 15 is 0 Å². The highest BCUT2D eigenvalue weighted by Crippen LogP contribution is 2.27. The van der Waals surface area contributed by atoms with Gasteiger partial charge >= 0.3 is 0 Å². The molecule has 1 heterocycles. The van der Waals surface area contributed by atoms with Gasteiger partial charge in [-0.15, -0.1) is 0 Å². The largest absolute Gasteiger partial charge is 0.493 e. The SMILES string of the molecule is CNCCNc1ccc2c(c1)CCO2. The minimum absolute atomic E-state index is 0.829. The monoisotopic (exact) mass is 192 g/mol. The minimum atomic E-state index is 0.829. The fraction of sp³-hybridized carbons (Fsp3) is 0.455.